The van der Waals surface area contributed by atoms with E-state index in [2.05, 4.69) is 8.37 Å². The summed E-state index contributed by atoms with van der Waals surface area (Å²) in [7, 11) is 0. The molecule has 0 heterocycles. The van der Waals surface area contributed by atoms with Gasteiger partial charge in [0.1, 0.15) is 0 Å². The molecular formula is C10H4F18O3S. The van der Waals surface area contributed by atoms with Crippen LogP contribution in [-0.2, 0) is 19.7 Å². The van der Waals surface area contributed by atoms with Crippen LogP contribution in [0.4, 0.5) is 79.0 Å². The molecule has 0 aliphatic carbocycles. The van der Waals surface area contributed by atoms with Crippen LogP contribution in [0.2, 0.25) is 0 Å². The van der Waals surface area contributed by atoms with Gasteiger partial charge in [-0.15, -0.1) is 0 Å². The van der Waals surface area contributed by atoms with Crippen LogP contribution in [0.15, 0.2) is 0 Å². The van der Waals surface area contributed by atoms with E-state index in [-0.39, 0.29) is 0 Å². The van der Waals surface area contributed by atoms with Crippen molar-refractivity contribution in [2.75, 3.05) is 0 Å². The Morgan fingerprint density at radius 1 is 0.438 bits per heavy atom. The van der Waals surface area contributed by atoms with Crippen molar-refractivity contribution >= 4 is 11.4 Å². The normalized spacial score (nSPS) is 16.1. The van der Waals surface area contributed by atoms with Crippen LogP contribution in [0, 0.1) is 0 Å². The molecule has 0 aromatic heterocycles. The van der Waals surface area contributed by atoms with Crippen molar-refractivity contribution in [1.29, 1.82) is 0 Å². The van der Waals surface area contributed by atoms with Gasteiger partial charge in [-0.3, -0.25) is 0 Å². The van der Waals surface area contributed by atoms with Crippen LogP contribution >= 0.6 is 0 Å². The first kappa shape index (κ1) is 30.8. The van der Waals surface area contributed by atoms with Crippen LogP contribution in [0.5, 0.6) is 0 Å². The molecule has 0 amide bonds. The molecule has 0 spiro atoms. The van der Waals surface area contributed by atoms with Crippen molar-refractivity contribution < 1.29 is 91.6 Å². The molecule has 22 heteroatoms. The Morgan fingerprint density at radius 3 is 0.750 bits per heavy atom. The molecule has 0 saturated heterocycles. The fraction of sp³-hybridized carbons (Fsp3) is 1.00. The SMILES string of the molecule is O=S(OC(CC(F)(F)F)(C(F)(F)F)C(F)(F)F)OC(CC(F)(F)F)(C(F)(F)F)C(F)(F)F. The van der Waals surface area contributed by atoms with Crippen LogP contribution in [-0.4, -0.2) is 52.5 Å². The number of alkyl halides is 18. The number of rotatable bonds is 6. The molecule has 0 aliphatic rings. The van der Waals surface area contributed by atoms with Gasteiger partial charge in [0.25, 0.3) is 11.2 Å². The van der Waals surface area contributed by atoms with Crippen molar-refractivity contribution in [2.45, 2.75) is 61.1 Å². The average molecular weight is 546 g/mol. The summed E-state index contributed by atoms with van der Waals surface area (Å²) >= 11 is -5.79. The van der Waals surface area contributed by atoms with Gasteiger partial charge < -0.3 is 0 Å². The Balaban J connectivity index is 6.69. The standard InChI is InChI=1S/C10H4F18O3S/c11-5(12,13)1-3(7(17,18)19,8(20,21)22)30-32(29)31-4(9(23,24)25,10(26,27)28)2-6(14,15)16/h1-2H2. The Labute approximate surface area is 165 Å². The molecule has 0 aliphatic heterocycles. The summed E-state index contributed by atoms with van der Waals surface area (Å²) < 4.78 is 243. The monoisotopic (exact) mass is 546 g/mol. The lowest BCUT2D eigenvalue weighted by molar-refractivity contribution is -0.388. The van der Waals surface area contributed by atoms with E-state index >= 15 is 0 Å². The van der Waals surface area contributed by atoms with Crippen LogP contribution in [0.1, 0.15) is 12.8 Å². The van der Waals surface area contributed by atoms with Crippen molar-refractivity contribution in [2.24, 2.45) is 0 Å². The largest absolute Gasteiger partial charge is 0.428 e. The van der Waals surface area contributed by atoms with Crippen molar-refractivity contribution in [3.8, 4) is 0 Å². The van der Waals surface area contributed by atoms with E-state index in [1.165, 1.54) is 0 Å². The first-order valence-electron chi connectivity index (χ1n) is 6.72. The lowest BCUT2D eigenvalue weighted by Gasteiger charge is -2.39. The topological polar surface area (TPSA) is 35.5 Å². The maximum atomic E-state index is 12.8. The minimum absolute atomic E-state index is 2.32. The summed E-state index contributed by atoms with van der Waals surface area (Å²) in [4.78, 5) is 0. The zero-order valence-electron chi connectivity index (χ0n) is 13.9. The van der Waals surface area contributed by atoms with E-state index in [4.69, 9.17) is 0 Å². The number of hydrogen-bond acceptors (Lipinski definition) is 3. The fourth-order valence-corrected chi connectivity index (χ4v) is 2.78. The Bertz CT molecular complexity index is 577. The maximum absolute atomic E-state index is 12.8. The smallest absolute Gasteiger partial charge is 0.242 e. The molecular weight excluding hydrogens is 542 g/mol. The highest BCUT2D eigenvalue weighted by Crippen LogP contribution is 2.55. The van der Waals surface area contributed by atoms with Gasteiger partial charge in [-0.05, 0) is 0 Å². The minimum atomic E-state index is -7.37. The molecule has 0 aromatic rings. The van der Waals surface area contributed by atoms with Gasteiger partial charge in [0.2, 0.25) is 0 Å². The third-order valence-corrected chi connectivity index (χ3v) is 3.99. The van der Waals surface area contributed by atoms with Crippen molar-refractivity contribution in [3.05, 3.63) is 0 Å². The second-order valence-electron chi connectivity index (χ2n) is 5.60. The highest BCUT2D eigenvalue weighted by Gasteiger charge is 2.79. The van der Waals surface area contributed by atoms with Gasteiger partial charge >= 0.3 is 48.4 Å². The van der Waals surface area contributed by atoms with E-state index in [1.807, 2.05) is 0 Å². The molecule has 32 heavy (non-hydrogen) atoms. The van der Waals surface area contributed by atoms with Crippen LogP contribution in [0.25, 0.3) is 0 Å². The quantitative estimate of drug-likeness (QED) is 0.371. The first-order valence-corrected chi connectivity index (χ1v) is 7.72. The molecule has 0 saturated carbocycles. The van der Waals surface area contributed by atoms with E-state index in [0.717, 1.165) is 0 Å². The Morgan fingerprint density at radius 2 is 0.625 bits per heavy atom. The predicted molar refractivity (Wildman–Crippen MR) is 61.3 cm³/mol. The molecule has 0 bridgehead atoms. The maximum Gasteiger partial charge on any atom is 0.428 e. The molecule has 0 N–H and O–H groups in total. The second kappa shape index (κ2) is 8.55. The molecule has 0 atom stereocenters. The lowest BCUT2D eigenvalue weighted by atomic mass is 9.98. The third kappa shape index (κ3) is 6.90. The van der Waals surface area contributed by atoms with Crippen LogP contribution in [0.3, 0.4) is 0 Å². The van der Waals surface area contributed by atoms with Crippen LogP contribution < -0.4 is 0 Å². The number of hydrogen-bond donors (Lipinski definition) is 0. The highest BCUT2D eigenvalue weighted by molar-refractivity contribution is 7.75. The Kier molecular flexibility index (Phi) is 8.23. The zero-order chi connectivity index (χ0) is 26.4. The summed E-state index contributed by atoms with van der Waals surface area (Å²) in [5.74, 6) is 0. The molecule has 0 radical (unpaired) electrons. The van der Waals surface area contributed by atoms with Gasteiger partial charge in [-0.25, -0.2) is 8.37 Å². The second-order valence-corrected chi connectivity index (χ2v) is 6.34. The van der Waals surface area contributed by atoms with Crippen molar-refractivity contribution in [3.63, 3.8) is 0 Å². The van der Waals surface area contributed by atoms with Crippen molar-refractivity contribution in [1.82, 2.24) is 0 Å². The van der Waals surface area contributed by atoms with E-state index in [1.54, 1.807) is 0 Å². The lowest BCUT2D eigenvalue weighted by Crippen LogP contribution is -2.64. The summed E-state index contributed by atoms with van der Waals surface area (Å²) in [6.07, 6.45) is -51.1. The van der Waals surface area contributed by atoms with E-state index < -0.39 is 72.5 Å². The zero-order valence-corrected chi connectivity index (χ0v) is 14.7. The Hall–Kier alpha value is -1.19. The molecule has 0 aromatic carbocycles. The third-order valence-electron chi connectivity index (χ3n) is 3.15. The molecule has 0 rings (SSSR count). The van der Waals surface area contributed by atoms with Gasteiger partial charge in [0.15, 0.2) is 0 Å². The van der Waals surface area contributed by atoms with E-state index in [9.17, 15) is 83.2 Å². The van der Waals surface area contributed by atoms with Gasteiger partial charge in [0, 0.05) is 0 Å². The van der Waals surface area contributed by atoms with Gasteiger partial charge in [-0.2, -0.15) is 83.2 Å². The first-order chi connectivity index (χ1) is 13.5. The highest BCUT2D eigenvalue weighted by atomic mass is 32.2. The fourth-order valence-electron chi connectivity index (χ4n) is 1.78. The van der Waals surface area contributed by atoms with Gasteiger partial charge in [-0.1, -0.05) is 0 Å². The van der Waals surface area contributed by atoms with E-state index in [0.29, 0.717) is 0 Å². The average Bonchev–Trinajstić information content (AvgIpc) is 2.37. The predicted octanol–water partition coefficient (Wildman–Crippen LogP) is 6.23. The summed E-state index contributed by atoms with van der Waals surface area (Å²) in [5.41, 5.74) is -13.6. The summed E-state index contributed by atoms with van der Waals surface area (Å²) in [6, 6.07) is 0. The number of halogens is 18. The van der Waals surface area contributed by atoms with Gasteiger partial charge in [0.05, 0.1) is 12.8 Å². The molecule has 0 unspecified atom stereocenters. The summed E-state index contributed by atoms with van der Waals surface area (Å²) in [6.45, 7) is 0. The minimum Gasteiger partial charge on any atom is -0.242 e. The molecule has 0 fully saturated rings. The molecule has 3 nitrogen and oxygen atoms in total. The summed E-state index contributed by atoms with van der Waals surface area (Å²) in [5, 5.41) is 0. The molecule has 194 valence electrons.